The van der Waals surface area contributed by atoms with Gasteiger partial charge in [-0.1, -0.05) is 6.92 Å². The molecule has 0 amide bonds. The lowest BCUT2D eigenvalue weighted by Crippen LogP contribution is -2.30. The first-order valence-electron chi connectivity index (χ1n) is 5.96. The minimum absolute atomic E-state index is 0.716. The lowest BCUT2D eigenvalue weighted by molar-refractivity contribution is 0.0167. The molecule has 0 bridgehead atoms. The van der Waals surface area contributed by atoms with E-state index < -0.39 is 5.60 Å². The van der Waals surface area contributed by atoms with Crippen molar-refractivity contribution >= 4 is 0 Å². The molecule has 2 heterocycles. The number of hydrogen-bond donors (Lipinski definition) is 1. The first kappa shape index (κ1) is 11.5. The molecule has 4 nitrogen and oxygen atoms in total. The van der Waals surface area contributed by atoms with Gasteiger partial charge in [-0.15, -0.1) is 0 Å². The van der Waals surface area contributed by atoms with E-state index in [2.05, 4.69) is 21.8 Å². The molecule has 0 saturated carbocycles. The molecule has 0 radical (unpaired) electrons. The highest BCUT2D eigenvalue weighted by Crippen LogP contribution is 2.30. The maximum absolute atomic E-state index is 10.6. The Morgan fingerprint density at radius 2 is 2.25 bits per heavy atom. The van der Waals surface area contributed by atoms with E-state index >= 15 is 0 Å². The van der Waals surface area contributed by atoms with Crippen LogP contribution in [-0.4, -0.2) is 39.6 Å². The van der Waals surface area contributed by atoms with Gasteiger partial charge in [-0.25, -0.2) is 0 Å². The van der Waals surface area contributed by atoms with Crippen LogP contribution in [0.4, 0.5) is 0 Å². The van der Waals surface area contributed by atoms with Gasteiger partial charge in [0.2, 0.25) is 0 Å². The molecule has 88 valence electrons. The van der Waals surface area contributed by atoms with Crippen LogP contribution in [0.5, 0.6) is 0 Å². The molecular formula is C12H19N3O. The number of likely N-dealkylation sites (tertiary alicyclic amines) is 1. The van der Waals surface area contributed by atoms with Gasteiger partial charge in [0.25, 0.3) is 0 Å². The zero-order valence-electron chi connectivity index (χ0n) is 9.76. The molecule has 1 aliphatic heterocycles. The fraction of sp³-hybridized carbons (Fsp3) is 0.667. The van der Waals surface area contributed by atoms with Crippen molar-refractivity contribution in [1.82, 2.24) is 14.9 Å². The molecule has 1 unspecified atom stereocenters. The molecule has 0 aliphatic carbocycles. The molecule has 2 rings (SSSR count). The summed E-state index contributed by atoms with van der Waals surface area (Å²) < 4.78 is 0. The third-order valence-electron chi connectivity index (χ3n) is 3.39. The molecular weight excluding hydrogens is 202 g/mol. The number of aromatic nitrogens is 2. The minimum Gasteiger partial charge on any atom is -0.383 e. The highest BCUT2D eigenvalue weighted by Gasteiger charge is 2.32. The first-order valence-corrected chi connectivity index (χ1v) is 5.96. The van der Waals surface area contributed by atoms with Gasteiger partial charge in [0.05, 0.1) is 11.9 Å². The third-order valence-corrected chi connectivity index (χ3v) is 3.39. The van der Waals surface area contributed by atoms with E-state index in [0.29, 0.717) is 5.69 Å². The lowest BCUT2D eigenvalue weighted by Gasteiger charge is -2.25. The van der Waals surface area contributed by atoms with E-state index in [1.54, 1.807) is 18.6 Å². The van der Waals surface area contributed by atoms with E-state index in [9.17, 15) is 5.11 Å². The summed E-state index contributed by atoms with van der Waals surface area (Å²) in [6.45, 7) is 5.21. The largest absolute Gasteiger partial charge is 0.383 e. The molecule has 0 spiro atoms. The average Bonchev–Trinajstić information content (AvgIpc) is 2.53. The van der Waals surface area contributed by atoms with Crippen molar-refractivity contribution in [1.29, 1.82) is 0 Å². The molecule has 1 N–H and O–H groups in total. The summed E-state index contributed by atoms with van der Waals surface area (Å²) in [5, 5.41) is 10.6. The third kappa shape index (κ3) is 2.39. The summed E-state index contributed by atoms with van der Waals surface area (Å²) in [5.74, 6) is 0. The van der Waals surface area contributed by atoms with Crippen molar-refractivity contribution in [2.24, 2.45) is 0 Å². The molecule has 1 aromatic rings. The Labute approximate surface area is 96.3 Å². The Hall–Kier alpha value is -1.00. The summed E-state index contributed by atoms with van der Waals surface area (Å²) in [7, 11) is 0. The number of nitrogens with zero attached hydrogens (tertiary/aromatic N) is 3. The predicted molar refractivity (Wildman–Crippen MR) is 61.9 cm³/mol. The smallest absolute Gasteiger partial charge is 0.109 e. The second-order valence-electron chi connectivity index (χ2n) is 4.41. The maximum Gasteiger partial charge on any atom is 0.109 e. The Morgan fingerprint density at radius 3 is 2.94 bits per heavy atom. The van der Waals surface area contributed by atoms with Crippen LogP contribution < -0.4 is 0 Å². The normalized spacial score (nSPS) is 27.6. The van der Waals surface area contributed by atoms with Crippen LogP contribution in [0, 0.1) is 0 Å². The van der Waals surface area contributed by atoms with E-state index in [0.717, 1.165) is 38.9 Å². The van der Waals surface area contributed by atoms with Gasteiger partial charge in [0, 0.05) is 18.9 Å². The summed E-state index contributed by atoms with van der Waals surface area (Å²) in [4.78, 5) is 10.6. The molecule has 1 aliphatic rings. The van der Waals surface area contributed by atoms with Crippen LogP contribution in [0.25, 0.3) is 0 Å². The van der Waals surface area contributed by atoms with Gasteiger partial charge in [0.15, 0.2) is 0 Å². The van der Waals surface area contributed by atoms with Gasteiger partial charge < -0.3 is 10.0 Å². The fourth-order valence-electron chi connectivity index (χ4n) is 2.29. The van der Waals surface area contributed by atoms with Crippen molar-refractivity contribution in [2.75, 3.05) is 19.6 Å². The molecule has 0 aromatic carbocycles. The summed E-state index contributed by atoms with van der Waals surface area (Å²) in [6, 6.07) is 0. The van der Waals surface area contributed by atoms with Crippen molar-refractivity contribution < 1.29 is 5.11 Å². The van der Waals surface area contributed by atoms with Crippen LogP contribution >= 0.6 is 0 Å². The summed E-state index contributed by atoms with van der Waals surface area (Å²) in [5.41, 5.74) is -0.0639. The molecule has 1 atom stereocenters. The van der Waals surface area contributed by atoms with Crippen LogP contribution in [0.2, 0.25) is 0 Å². The van der Waals surface area contributed by atoms with Crippen molar-refractivity contribution in [2.45, 2.75) is 31.8 Å². The Morgan fingerprint density at radius 1 is 1.38 bits per heavy atom. The molecule has 1 fully saturated rings. The Kier molecular flexibility index (Phi) is 3.51. The fourth-order valence-corrected chi connectivity index (χ4v) is 2.29. The number of rotatable bonds is 2. The Bertz CT molecular complexity index is 330. The van der Waals surface area contributed by atoms with E-state index in [1.165, 1.54) is 0 Å². The summed E-state index contributed by atoms with van der Waals surface area (Å²) >= 11 is 0. The van der Waals surface area contributed by atoms with Crippen molar-refractivity contribution in [3.05, 3.63) is 24.3 Å². The van der Waals surface area contributed by atoms with Gasteiger partial charge in [-0.05, 0) is 32.4 Å². The lowest BCUT2D eigenvalue weighted by atomic mass is 9.91. The number of aliphatic hydroxyl groups is 1. The van der Waals surface area contributed by atoms with Crippen molar-refractivity contribution in [3.8, 4) is 0 Å². The zero-order chi connectivity index (χ0) is 11.4. The standard InChI is InChI=1S/C12H19N3O/c1-2-15-8-3-4-12(16,5-9-15)11-10-13-6-7-14-11/h6-7,10,16H,2-5,8-9H2,1H3. The van der Waals surface area contributed by atoms with Crippen LogP contribution in [-0.2, 0) is 5.60 Å². The highest BCUT2D eigenvalue weighted by atomic mass is 16.3. The van der Waals surface area contributed by atoms with Gasteiger partial charge in [-0.3, -0.25) is 9.97 Å². The van der Waals surface area contributed by atoms with Crippen LogP contribution in [0.3, 0.4) is 0 Å². The monoisotopic (exact) mass is 221 g/mol. The van der Waals surface area contributed by atoms with E-state index in [-0.39, 0.29) is 0 Å². The Balaban J connectivity index is 2.13. The molecule has 16 heavy (non-hydrogen) atoms. The van der Waals surface area contributed by atoms with Crippen LogP contribution in [0.15, 0.2) is 18.6 Å². The van der Waals surface area contributed by atoms with Gasteiger partial charge in [0.1, 0.15) is 5.60 Å². The second-order valence-corrected chi connectivity index (χ2v) is 4.41. The van der Waals surface area contributed by atoms with Gasteiger partial charge in [-0.2, -0.15) is 0 Å². The van der Waals surface area contributed by atoms with Crippen LogP contribution in [0.1, 0.15) is 31.9 Å². The molecule has 4 heteroatoms. The molecule has 1 aromatic heterocycles. The van der Waals surface area contributed by atoms with Crippen molar-refractivity contribution in [3.63, 3.8) is 0 Å². The maximum atomic E-state index is 10.6. The van der Waals surface area contributed by atoms with E-state index in [1.807, 2.05) is 0 Å². The second kappa shape index (κ2) is 4.89. The summed E-state index contributed by atoms with van der Waals surface area (Å²) in [6.07, 6.45) is 7.52. The predicted octanol–water partition coefficient (Wildman–Crippen LogP) is 1.17. The number of hydrogen-bond acceptors (Lipinski definition) is 4. The topological polar surface area (TPSA) is 49.2 Å². The first-order chi connectivity index (χ1) is 7.74. The SMILES string of the molecule is CCN1CCCC(O)(c2cnccn2)CC1. The van der Waals surface area contributed by atoms with E-state index in [4.69, 9.17) is 0 Å². The highest BCUT2D eigenvalue weighted by molar-refractivity contribution is 5.08. The van der Waals surface area contributed by atoms with Gasteiger partial charge >= 0.3 is 0 Å². The zero-order valence-corrected chi connectivity index (χ0v) is 9.76. The molecule has 1 saturated heterocycles. The quantitative estimate of drug-likeness (QED) is 0.814. The minimum atomic E-state index is -0.780. The average molecular weight is 221 g/mol.